The Labute approximate surface area is 105 Å². The summed E-state index contributed by atoms with van der Waals surface area (Å²) >= 11 is 0. The van der Waals surface area contributed by atoms with Crippen LogP contribution < -0.4 is 10.2 Å². The summed E-state index contributed by atoms with van der Waals surface area (Å²) in [5, 5.41) is 3.43. The van der Waals surface area contributed by atoms with Gasteiger partial charge in [-0.15, -0.1) is 0 Å². The Morgan fingerprint density at radius 3 is 2.76 bits per heavy atom. The largest absolute Gasteiger partial charge is 0.374 e. The third kappa shape index (κ3) is 3.47. The predicted molar refractivity (Wildman–Crippen MR) is 74.7 cm³/mol. The molecule has 1 fully saturated rings. The fourth-order valence-corrected chi connectivity index (χ4v) is 2.57. The number of hydrogen-bond acceptors (Lipinski definition) is 2. The van der Waals surface area contributed by atoms with E-state index in [2.05, 4.69) is 48.5 Å². The van der Waals surface area contributed by atoms with E-state index >= 15 is 0 Å². The molecule has 0 amide bonds. The maximum absolute atomic E-state index is 3.43. The second kappa shape index (κ2) is 6.06. The molecule has 1 aromatic carbocycles. The van der Waals surface area contributed by atoms with Crippen molar-refractivity contribution in [2.24, 2.45) is 5.92 Å². The lowest BCUT2D eigenvalue weighted by molar-refractivity contribution is 0.378. The molecule has 2 rings (SSSR count). The zero-order valence-corrected chi connectivity index (χ0v) is 11.1. The number of nitrogens with one attached hydrogen (secondary N) is 1. The molecular weight excluding hydrogens is 208 g/mol. The van der Waals surface area contributed by atoms with Gasteiger partial charge in [-0.1, -0.05) is 19.1 Å². The Balaban J connectivity index is 1.95. The highest BCUT2D eigenvalue weighted by Gasteiger charge is 2.15. The van der Waals surface area contributed by atoms with Gasteiger partial charge in [-0.3, -0.25) is 0 Å². The Bertz CT molecular complexity index is 343. The van der Waals surface area contributed by atoms with Crippen LogP contribution in [0.25, 0.3) is 0 Å². The molecule has 0 bridgehead atoms. The van der Waals surface area contributed by atoms with Crippen LogP contribution in [0.2, 0.25) is 0 Å². The minimum atomic E-state index is 0.853. The number of piperidine rings is 1. The first kappa shape index (κ1) is 12.4. The standard InChI is InChI=1S/C15H24N2/c1-3-13-5-4-6-15(11-13)17(2)12-14-7-9-16-10-8-14/h4-6,11,14,16H,3,7-10,12H2,1-2H3. The van der Waals surface area contributed by atoms with E-state index < -0.39 is 0 Å². The monoisotopic (exact) mass is 232 g/mol. The highest BCUT2D eigenvalue weighted by molar-refractivity contribution is 5.47. The van der Waals surface area contributed by atoms with E-state index in [9.17, 15) is 0 Å². The number of benzene rings is 1. The van der Waals surface area contributed by atoms with Crippen molar-refractivity contribution in [1.82, 2.24) is 5.32 Å². The molecule has 0 aliphatic carbocycles. The molecule has 2 heteroatoms. The SMILES string of the molecule is CCc1cccc(N(C)CC2CCNCC2)c1. The van der Waals surface area contributed by atoms with Gasteiger partial charge in [0.1, 0.15) is 0 Å². The average Bonchev–Trinajstić information content (AvgIpc) is 2.40. The molecule has 1 aliphatic heterocycles. The fourth-order valence-electron chi connectivity index (χ4n) is 2.57. The molecule has 0 radical (unpaired) electrons. The zero-order chi connectivity index (χ0) is 12.1. The molecule has 0 spiro atoms. The van der Waals surface area contributed by atoms with Crippen LogP contribution in [-0.4, -0.2) is 26.7 Å². The van der Waals surface area contributed by atoms with E-state index in [4.69, 9.17) is 0 Å². The molecule has 94 valence electrons. The highest BCUT2D eigenvalue weighted by atomic mass is 15.1. The van der Waals surface area contributed by atoms with E-state index in [0.29, 0.717) is 0 Å². The lowest BCUT2D eigenvalue weighted by Gasteiger charge is -2.29. The molecule has 0 atom stereocenters. The van der Waals surface area contributed by atoms with Crippen LogP contribution in [0.4, 0.5) is 5.69 Å². The second-order valence-corrected chi connectivity index (χ2v) is 5.10. The van der Waals surface area contributed by atoms with E-state index in [-0.39, 0.29) is 0 Å². The van der Waals surface area contributed by atoms with E-state index in [0.717, 1.165) is 12.3 Å². The van der Waals surface area contributed by atoms with Gasteiger partial charge in [0.2, 0.25) is 0 Å². The first-order valence-corrected chi connectivity index (χ1v) is 6.80. The van der Waals surface area contributed by atoms with Gasteiger partial charge >= 0.3 is 0 Å². The normalized spacial score (nSPS) is 17.1. The number of aryl methyl sites for hydroxylation is 1. The summed E-state index contributed by atoms with van der Waals surface area (Å²) in [6.07, 6.45) is 3.75. The van der Waals surface area contributed by atoms with Crippen molar-refractivity contribution in [3.8, 4) is 0 Å². The number of hydrogen-bond donors (Lipinski definition) is 1. The van der Waals surface area contributed by atoms with Crippen molar-refractivity contribution in [2.45, 2.75) is 26.2 Å². The van der Waals surface area contributed by atoms with E-state index in [1.165, 1.54) is 43.7 Å². The van der Waals surface area contributed by atoms with Crippen LogP contribution in [0.3, 0.4) is 0 Å². The molecule has 1 N–H and O–H groups in total. The van der Waals surface area contributed by atoms with Crippen LogP contribution in [-0.2, 0) is 6.42 Å². The molecule has 0 unspecified atom stereocenters. The number of nitrogens with zero attached hydrogens (tertiary/aromatic N) is 1. The molecule has 2 nitrogen and oxygen atoms in total. The Kier molecular flexibility index (Phi) is 4.43. The molecular formula is C15H24N2. The van der Waals surface area contributed by atoms with Crippen molar-refractivity contribution in [3.05, 3.63) is 29.8 Å². The van der Waals surface area contributed by atoms with E-state index in [1.54, 1.807) is 0 Å². The van der Waals surface area contributed by atoms with Crippen molar-refractivity contribution in [1.29, 1.82) is 0 Å². The molecule has 17 heavy (non-hydrogen) atoms. The topological polar surface area (TPSA) is 15.3 Å². The van der Waals surface area contributed by atoms with Gasteiger partial charge < -0.3 is 10.2 Å². The van der Waals surface area contributed by atoms with Gasteiger partial charge in [0.05, 0.1) is 0 Å². The van der Waals surface area contributed by atoms with Gasteiger partial charge in [-0.05, 0) is 56.0 Å². The van der Waals surface area contributed by atoms with Crippen LogP contribution in [0.1, 0.15) is 25.3 Å². The first-order chi connectivity index (χ1) is 8.29. The third-order valence-corrected chi connectivity index (χ3v) is 3.75. The van der Waals surface area contributed by atoms with Gasteiger partial charge in [0, 0.05) is 19.3 Å². The lowest BCUT2D eigenvalue weighted by Crippen LogP contribution is -2.34. The predicted octanol–water partition coefficient (Wildman–Crippen LogP) is 2.68. The molecule has 1 heterocycles. The lowest BCUT2D eigenvalue weighted by atomic mass is 9.97. The molecule has 1 aromatic rings. The molecule has 1 aliphatic rings. The minimum absolute atomic E-state index is 0.853. The average molecular weight is 232 g/mol. The maximum atomic E-state index is 3.43. The van der Waals surface area contributed by atoms with Gasteiger partial charge in [0.15, 0.2) is 0 Å². The van der Waals surface area contributed by atoms with Gasteiger partial charge in [0.25, 0.3) is 0 Å². The number of rotatable bonds is 4. The smallest absolute Gasteiger partial charge is 0.0366 e. The van der Waals surface area contributed by atoms with E-state index in [1.807, 2.05) is 0 Å². The summed E-state index contributed by atoms with van der Waals surface area (Å²) in [5.41, 5.74) is 2.79. The zero-order valence-electron chi connectivity index (χ0n) is 11.1. The molecule has 0 saturated carbocycles. The summed E-state index contributed by atoms with van der Waals surface area (Å²) < 4.78 is 0. The third-order valence-electron chi connectivity index (χ3n) is 3.75. The fraction of sp³-hybridized carbons (Fsp3) is 0.600. The second-order valence-electron chi connectivity index (χ2n) is 5.10. The van der Waals surface area contributed by atoms with Crippen molar-refractivity contribution < 1.29 is 0 Å². The minimum Gasteiger partial charge on any atom is -0.374 e. The summed E-state index contributed by atoms with van der Waals surface area (Å²) in [7, 11) is 2.22. The summed E-state index contributed by atoms with van der Waals surface area (Å²) in [5.74, 6) is 0.853. The van der Waals surface area contributed by atoms with Crippen molar-refractivity contribution in [3.63, 3.8) is 0 Å². The van der Waals surface area contributed by atoms with Crippen LogP contribution >= 0.6 is 0 Å². The highest BCUT2D eigenvalue weighted by Crippen LogP contribution is 2.19. The van der Waals surface area contributed by atoms with Crippen LogP contribution in [0.15, 0.2) is 24.3 Å². The summed E-state index contributed by atoms with van der Waals surface area (Å²) in [4.78, 5) is 2.41. The Hall–Kier alpha value is -1.02. The Morgan fingerprint density at radius 2 is 2.06 bits per heavy atom. The summed E-state index contributed by atoms with van der Waals surface area (Å²) in [6.45, 7) is 5.78. The number of anilines is 1. The summed E-state index contributed by atoms with van der Waals surface area (Å²) in [6, 6.07) is 8.93. The molecule has 1 saturated heterocycles. The van der Waals surface area contributed by atoms with Crippen LogP contribution in [0, 0.1) is 5.92 Å². The van der Waals surface area contributed by atoms with Gasteiger partial charge in [-0.2, -0.15) is 0 Å². The van der Waals surface area contributed by atoms with Crippen molar-refractivity contribution in [2.75, 3.05) is 31.6 Å². The first-order valence-electron chi connectivity index (χ1n) is 6.80. The maximum Gasteiger partial charge on any atom is 0.0366 e. The van der Waals surface area contributed by atoms with Gasteiger partial charge in [-0.25, -0.2) is 0 Å². The molecule has 0 aromatic heterocycles. The van der Waals surface area contributed by atoms with Crippen LogP contribution in [0.5, 0.6) is 0 Å². The van der Waals surface area contributed by atoms with Crippen molar-refractivity contribution >= 4 is 5.69 Å². The quantitative estimate of drug-likeness (QED) is 0.858. The Morgan fingerprint density at radius 1 is 1.29 bits per heavy atom.